The van der Waals surface area contributed by atoms with Crippen molar-refractivity contribution in [3.63, 3.8) is 0 Å². The third kappa shape index (κ3) is 5.87. The number of anilines is 2. The van der Waals surface area contributed by atoms with Gasteiger partial charge in [0.25, 0.3) is 10.0 Å². The number of hydrogen-bond donors (Lipinski definition) is 2. The maximum Gasteiger partial charge on any atom is 0.311 e. The first-order valence-electron chi connectivity index (χ1n) is 11.0. The van der Waals surface area contributed by atoms with E-state index in [-0.39, 0.29) is 59.1 Å². The number of nitrogens with zero attached hydrogens (tertiary/aromatic N) is 2. The summed E-state index contributed by atoms with van der Waals surface area (Å²) in [7, 11) is -7.76. The third-order valence-corrected chi connectivity index (χ3v) is 7.62. The molecule has 1 amide bonds. The van der Waals surface area contributed by atoms with Gasteiger partial charge >= 0.3 is 5.97 Å². The predicted octanol–water partition coefficient (Wildman–Crippen LogP) is 1.93. The van der Waals surface area contributed by atoms with Gasteiger partial charge in [-0.3, -0.25) is 14.3 Å². The van der Waals surface area contributed by atoms with E-state index in [1.54, 1.807) is 11.8 Å². The van der Waals surface area contributed by atoms with Crippen LogP contribution in [0.25, 0.3) is 0 Å². The lowest BCUT2D eigenvalue weighted by Crippen LogP contribution is -2.49. The minimum atomic E-state index is -4.17. The number of amides is 1. The average Bonchev–Trinajstić information content (AvgIpc) is 3.16. The summed E-state index contributed by atoms with van der Waals surface area (Å²) in [6.07, 6.45) is 2.73. The molecule has 0 spiro atoms. The zero-order chi connectivity index (χ0) is 25.3. The van der Waals surface area contributed by atoms with Crippen molar-refractivity contribution in [2.45, 2.75) is 63.4 Å². The number of ether oxygens (including phenoxy) is 1. The highest BCUT2D eigenvalue weighted by Gasteiger charge is 2.41. The van der Waals surface area contributed by atoms with E-state index in [0.29, 0.717) is 12.8 Å². The molecule has 3 rings (SSSR count). The fourth-order valence-corrected chi connectivity index (χ4v) is 6.18. The number of fused-ring (bicyclic) bond motifs is 1. The Bertz CT molecular complexity index is 1210. The molecular formula is C21H30N4O7S2. The zero-order valence-corrected chi connectivity index (χ0v) is 21.2. The molecule has 0 radical (unpaired) electrons. The molecule has 2 unspecified atom stereocenters. The summed E-state index contributed by atoms with van der Waals surface area (Å²) < 4.78 is 59.6. The van der Waals surface area contributed by atoms with Crippen LogP contribution >= 0.6 is 0 Å². The minimum absolute atomic E-state index is 0.0438. The molecule has 0 bridgehead atoms. The van der Waals surface area contributed by atoms with Crippen molar-refractivity contribution in [1.82, 2.24) is 4.90 Å². The van der Waals surface area contributed by atoms with E-state index < -0.39 is 26.0 Å². The van der Waals surface area contributed by atoms with Crippen LogP contribution in [0.4, 0.5) is 11.4 Å². The van der Waals surface area contributed by atoms with E-state index in [9.17, 15) is 26.4 Å². The summed E-state index contributed by atoms with van der Waals surface area (Å²) in [6, 6.07) is 3.45. The largest absolute Gasteiger partial charge is 0.466 e. The summed E-state index contributed by atoms with van der Waals surface area (Å²) >= 11 is 0. The Kier molecular flexibility index (Phi) is 7.56. The van der Waals surface area contributed by atoms with Gasteiger partial charge in [0, 0.05) is 17.8 Å². The number of sulfonamides is 2. The molecule has 1 aliphatic heterocycles. The van der Waals surface area contributed by atoms with Crippen molar-refractivity contribution in [3.05, 3.63) is 18.2 Å². The molecule has 1 aromatic rings. The Labute approximate surface area is 200 Å². The Morgan fingerprint density at radius 2 is 2.00 bits per heavy atom. The SMILES string of the molecule is CCOC(=O)C1CCCC1N(C(=O)CC1=NS(=O)(=O)c2cc(NS(C)(=O)=O)ccc2N1)C(C)C. The molecule has 1 heterocycles. The molecule has 34 heavy (non-hydrogen) atoms. The predicted molar refractivity (Wildman–Crippen MR) is 128 cm³/mol. The van der Waals surface area contributed by atoms with Crippen molar-refractivity contribution >= 4 is 49.1 Å². The molecule has 188 valence electrons. The topological polar surface area (TPSA) is 151 Å². The number of amidine groups is 1. The van der Waals surface area contributed by atoms with Gasteiger partial charge in [0.15, 0.2) is 0 Å². The van der Waals surface area contributed by atoms with Gasteiger partial charge in [-0.25, -0.2) is 8.42 Å². The van der Waals surface area contributed by atoms with Gasteiger partial charge < -0.3 is 15.0 Å². The lowest BCUT2D eigenvalue weighted by atomic mass is 10.00. The van der Waals surface area contributed by atoms with Crippen molar-refractivity contribution in [1.29, 1.82) is 0 Å². The number of carbonyl (C=O) groups excluding carboxylic acids is 2. The molecule has 1 fully saturated rings. The van der Waals surface area contributed by atoms with E-state index in [2.05, 4.69) is 14.4 Å². The summed E-state index contributed by atoms with van der Waals surface area (Å²) in [5.74, 6) is -1.14. The van der Waals surface area contributed by atoms with Crippen molar-refractivity contribution in [3.8, 4) is 0 Å². The highest BCUT2D eigenvalue weighted by atomic mass is 32.2. The Balaban J connectivity index is 1.82. The molecule has 11 nitrogen and oxygen atoms in total. The highest BCUT2D eigenvalue weighted by molar-refractivity contribution is 7.92. The molecule has 1 aromatic carbocycles. The molecule has 1 saturated carbocycles. The van der Waals surface area contributed by atoms with Crippen molar-refractivity contribution in [2.24, 2.45) is 10.3 Å². The number of carbonyl (C=O) groups is 2. The maximum absolute atomic E-state index is 13.3. The van der Waals surface area contributed by atoms with E-state index in [0.717, 1.165) is 12.7 Å². The van der Waals surface area contributed by atoms with Crippen molar-refractivity contribution in [2.75, 3.05) is 22.9 Å². The number of benzene rings is 1. The summed E-state index contributed by atoms with van der Waals surface area (Å²) in [5.41, 5.74) is 0.275. The third-order valence-electron chi connectivity index (χ3n) is 5.66. The van der Waals surface area contributed by atoms with Crippen LogP contribution in [-0.2, 0) is 34.4 Å². The first-order valence-corrected chi connectivity index (χ1v) is 14.4. The van der Waals surface area contributed by atoms with Gasteiger partial charge in [-0.05, 0) is 51.8 Å². The second-order valence-electron chi connectivity index (χ2n) is 8.65. The second kappa shape index (κ2) is 9.90. The molecule has 0 aromatic heterocycles. The molecule has 13 heteroatoms. The number of hydrogen-bond acceptors (Lipinski definition) is 8. The fraction of sp³-hybridized carbons (Fsp3) is 0.571. The Hall–Kier alpha value is -2.67. The maximum atomic E-state index is 13.3. The van der Waals surface area contributed by atoms with Crippen LogP contribution in [-0.4, -0.2) is 64.4 Å². The minimum Gasteiger partial charge on any atom is -0.466 e. The van der Waals surface area contributed by atoms with Gasteiger partial charge in [-0.15, -0.1) is 4.40 Å². The average molecular weight is 515 g/mol. The van der Waals surface area contributed by atoms with Crippen LogP contribution in [0.15, 0.2) is 27.5 Å². The van der Waals surface area contributed by atoms with Crippen LogP contribution in [0.5, 0.6) is 0 Å². The molecule has 2 N–H and O–H groups in total. The molecule has 2 aliphatic rings. The number of rotatable bonds is 8. The van der Waals surface area contributed by atoms with Crippen molar-refractivity contribution < 1.29 is 31.2 Å². The highest BCUT2D eigenvalue weighted by Crippen LogP contribution is 2.34. The lowest BCUT2D eigenvalue weighted by Gasteiger charge is -2.36. The van der Waals surface area contributed by atoms with Crippen LogP contribution in [0.3, 0.4) is 0 Å². The van der Waals surface area contributed by atoms with E-state index in [4.69, 9.17) is 4.74 Å². The van der Waals surface area contributed by atoms with Gasteiger partial charge in [0.05, 0.1) is 30.9 Å². The smallest absolute Gasteiger partial charge is 0.311 e. The van der Waals surface area contributed by atoms with Gasteiger partial charge in [0.2, 0.25) is 15.9 Å². The quantitative estimate of drug-likeness (QED) is 0.499. The first-order chi connectivity index (χ1) is 15.8. The standard InChI is InChI=1S/C21H30N4O7S2/c1-5-32-21(27)15-7-6-8-17(15)25(13(2)3)20(26)12-19-22-16-10-9-14(23-33(4,28)29)11-18(16)34(30,31)24-19/h9-11,13,15,17,23H,5-8,12H2,1-4H3,(H,22,24). The van der Waals surface area contributed by atoms with Crippen LogP contribution in [0, 0.1) is 5.92 Å². The molecule has 0 saturated heterocycles. The first kappa shape index (κ1) is 25.9. The van der Waals surface area contributed by atoms with Crippen LogP contribution < -0.4 is 10.0 Å². The van der Waals surface area contributed by atoms with E-state index in [1.807, 2.05) is 13.8 Å². The Morgan fingerprint density at radius 1 is 1.29 bits per heavy atom. The van der Waals surface area contributed by atoms with Gasteiger partial charge in [-0.1, -0.05) is 6.42 Å². The van der Waals surface area contributed by atoms with E-state index in [1.165, 1.54) is 18.2 Å². The van der Waals surface area contributed by atoms with Gasteiger partial charge in [0.1, 0.15) is 10.7 Å². The summed E-state index contributed by atoms with van der Waals surface area (Å²) in [6.45, 7) is 5.68. The van der Waals surface area contributed by atoms with Crippen LogP contribution in [0.2, 0.25) is 0 Å². The van der Waals surface area contributed by atoms with Gasteiger partial charge in [-0.2, -0.15) is 8.42 Å². The number of nitrogens with one attached hydrogen (secondary N) is 2. The molecule has 1 aliphatic carbocycles. The monoisotopic (exact) mass is 514 g/mol. The fourth-order valence-electron chi connectivity index (χ4n) is 4.45. The molecular weight excluding hydrogens is 484 g/mol. The molecule has 2 atom stereocenters. The van der Waals surface area contributed by atoms with Crippen LogP contribution in [0.1, 0.15) is 46.5 Å². The summed E-state index contributed by atoms with van der Waals surface area (Å²) in [5, 5.41) is 2.87. The zero-order valence-electron chi connectivity index (χ0n) is 19.6. The lowest BCUT2D eigenvalue weighted by molar-refractivity contribution is -0.151. The summed E-state index contributed by atoms with van der Waals surface area (Å²) in [4.78, 5) is 27.1. The Morgan fingerprint density at radius 3 is 2.62 bits per heavy atom. The van der Waals surface area contributed by atoms with E-state index >= 15 is 0 Å². The normalized spacial score (nSPS) is 21.3. The number of esters is 1. The second-order valence-corrected chi connectivity index (χ2v) is 12.0.